The van der Waals surface area contributed by atoms with Crippen LogP contribution in [0, 0.1) is 11.8 Å². The van der Waals surface area contributed by atoms with Crippen LogP contribution in [0.4, 0.5) is 22.7 Å². The zero-order valence-electron chi connectivity index (χ0n) is 41.5. The minimum Gasteiger partial charge on any atom is -0.372 e. The summed E-state index contributed by atoms with van der Waals surface area (Å²) in [5, 5.41) is 0. The number of ketones is 2. The van der Waals surface area contributed by atoms with Crippen molar-refractivity contribution in [2.24, 2.45) is 11.8 Å². The summed E-state index contributed by atoms with van der Waals surface area (Å²) in [4.78, 5) is 37.4. The fourth-order valence-electron chi connectivity index (χ4n) is 9.22. The molecule has 4 aromatic carbocycles. The number of benzene rings is 4. The van der Waals surface area contributed by atoms with Crippen LogP contribution in [0.5, 0.6) is 0 Å². The predicted octanol–water partition coefficient (Wildman–Crippen LogP) is 14.2. The van der Waals surface area contributed by atoms with Gasteiger partial charge >= 0.3 is 0 Å². The van der Waals surface area contributed by atoms with E-state index in [2.05, 4.69) is 184 Å². The van der Waals surface area contributed by atoms with Gasteiger partial charge in [-0.1, -0.05) is 116 Å². The monoisotopic (exact) mass is 867 g/mol. The van der Waals surface area contributed by atoms with Crippen LogP contribution in [0.15, 0.2) is 109 Å². The number of Topliss-reactive ketones (excluding diaryl/α,β-unsaturated/α-hetero) is 2. The molecule has 0 fully saturated rings. The van der Waals surface area contributed by atoms with E-state index < -0.39 is 11.8 Å². The van der Waals surface area contributed by atoms with E-state index in [1.165, 1.54) is 22.7 Å². The predicted molar refractivity (Wildman–Crippen MR) is 279 cm³/mol. The van der Waals surface area contributed by atoms with E-state index in [0.717, 1.165) is 137 Å². The van der Waals surface area contributed by atoms with Gasteiger partial charge in [0.05, 0.1) is 5.92 Å². The molecule has 0 atom stereocenters. The summed E-state index contributed by atoms with van der Waals surface area (Å²) in [6, 6.07) is 35.7. The molecule has 0 spiro atoms. The Hall–Kier alpha value is -5.10. The van der Waals surface area contributed by atoms with Crippen molar-refractivity contribution in [1.82, 2.24) is 0 Å². The molecule has 0 aromatic heterocycles. The van der Waals surface area contributed by atoms with Crippen molar-refractivity contribution in [2.45, 2.75) is 121 Å². The zero-order chi connectivity index (χ0) is 46.4. The first kappa shape index (κ1) is 51.5. The third-order valence-electron chi connectivity index (χ3n) is 12.1. The van der Waals surface area contributed by atoms with Crippen LogP contribution in [-0.4, -0.2) is 63.9 Å². The van der Waals surface area contributed by atoms with Crippen LogP contribution in [0.2, 0.25) is 0 Å². The summed E-state index contributed by atoms with van der Waals surface area (Å²) in [5.41, 5.74) is 11.1. The van der Waals surface area contributed by atoms with Crippen molar-refractivity contribution in [2.75, 3.05) is 72.0 Å². The molecule has 0 unspecified atom stereocenters. The third-order valence-corrected chi connectivity index (χ3v) is 12.1. The summed E-state index contributed by atoms with van der Waals surface area (Å²) in [5.74, 6) is -1.64. The van der Waals surface area contributed by atoms with Crippen molar-refractivity contribution in [3.8, 4) is 0 Å². The van der Waals surface area contributed by atoms with Gasteiger partial charge in [0.1, 0.15) is 11.6 Å². The fraction of sp³-hybridized carbons (Fsp3) is 0.483. The molecule has 6 nitrogen and oxygen atoms in total. The van der Waals surface area contributed by atoms with Crippen LogP contribution in [0.3, 0.4) is 0 Å². The van der Waals surface area contributed by atoms with Crippen molar-refractivity contribution in [3.63, 3.8) is 0 Å². The van der Waals surface area contributed by atoms with Crippen LogP contribution in [0.25, 0.3) is 11.1 Å². The highest BCUT2D eigenvalue weighted by Gasteiger charge is 2.29. The van der Waals surface area contributed by atoms with Gasteiger partial charge in [-0.2, -0.15) is 0 Å². The van der Waals surface area contributed by atoms with Crippen molar-refractivity contribution < 1.29 is 9.59 Å². The third kappa shape index (κ3) is 14.5. The molecule has 6 heteroatoms. The molecule has 0 heterocycles. The molecule has 346 valence electrons. The SMILES string of the molecule is CCCN(CCC)c1ccc(C(=CC(C=C(c2ccc(N(CCC)CCC)cc2)c2ccc(N(CCC)CCC)cc2)C(C(C)=O)C(C)=O)c2ccc(N(CCC)CCC)cc2)cc1. The van der Waals surface area contributed by atoms with Gasteiger partial charge in [0.2, 0.25) is 0 Å². The highest BCUT2D eigenvalue weighted by molar-refractivity contribution is 6.02. The minimum atomic E-state index is -0.856. The van der Waals surface area contributed by atoms with Gasteiger partial charge in [-0.15, -0.1) is 0 Å². The lowest BCUT2D eigenvalue weighted by Crippen LogP contribution is -2.27. The van der Waals surface area contributed by atoms with Crippen LogP contribution < -0.4 is 19.6 Å². The molecular formula is C58H82N4O2. The molecule has 0 amide bonds. The number of rotatable bonds is 29. The molecular weight excluding hydrogens is 785 g/mol. The summed E-state index contributed by atoms with van der Waals surface area (Å²) in [6.07, 6.45) is 13.1. The molecule has 0 aliphatic rings. The van der Waals surface area contributed by atoms with E-state index in [4.69, 9.17) is 0 Å². The number of allylic oxidation sites excluding steroid dienone is 2. The van der Waals surface area contributed by atoms with Gasteiger partial charge in [0, 0.05) is 81.0 Å². The zero-order valence-corrected chi connectivity index (χ0v) is 41.5. The quantitative estimate of drug-likeness (QED) is 0.0507. The Morgan fingerprint density at radius 3 is 0.703 bits per heavy atom. The van der Waals surface area contributed by atoms with Gasteiger partial charge in [0.25, 0.3) is 0 Å². The van der Waals surface area contributed by atoms with Gasteiger partial charge in [0.15, 0.2) is 0 Å². The molecule has 4 rings (SSSR count). The Bertz CT molecular complexity index is 1740. The minimum absolute atomic E-state index is 0.130. The maximum atomic E-state index is 13.8. The fourth-order valence-corrected chi connectivity index (χ4v) is 9.22. The second-order valence-corrected chi connectivity index (χ2v) is 17.6. The lowest BCUT2D eigenvalue weighted by atomic mass is 9.80. The Kier molecular flexibility index (Phi) is 22.0. The van der Waals surface area contributed by atoms with E-state index in [-0.39, 0.29) is 11.6 Å². The van der Waals surface area contributed by atoms with Gasteiger partial charge in [-0.25, -0.2) is 0 Å². The summed E-state index contributed by atoms with van der Waals surface area (Å²) >= 11 is 0. The molecule has 64 heavy (non-hydrogen) atoms. The van der Waals surface area contributed by atoms with Crippen LogP contribution in [0.1, 0.15) is 143 Å². The number of hydrogen-bond acceptors (Lipinski definition) is 6. The Balaban J connectivity index is 2.03. The number of hydrogen-bond donors (Lipinski definition) is 0. The normalized spacial score (nSPS) is 11.1. The first-order valence-electron chi connectivity index (χ1n) is 24.9. The second-order valence-electron chi connectivity index (χ2n) is 17.6. The maximum absolute atomic E-state index is 13.8. The van der Waals surface area contributed by atoms with E-state index >= 15 is 0 Å². The van der Waals surface area contributed by atoms with Gasteiger partial charge in [-0.05, 0) is 147 Å². The van der Waals surface area contributed by atoms with Crippen LogP contribution in [-0.2, 0) is 9.59 Å². The van der Waals surface area contributed by atoms with Gasteiger partial charge < -0.3 is 19.6 Å². The molecule has 0 N–H and O–H groups in total. The first-order chi connectivity index (χ1) is 31.1. The van der Waals surface area contributed by atoms with Crippen molar-refractivity contribution >= 4 is 45.5 Å². The van der Waals surface area contributed by atoms with Crippen LogP contribution >= 0.6 is 0 Å². The lowest BCUT2D eigenvalue weighted by Gasteiger charge is -2.26. The number of carbonyl (C=O) groups is 2. The van der Waals surface area contributed by atoms with Gasteiger partial charge in [-0.3, -0.25) is 9.59 Å². The number of nitrogens with zero attached hydrogens (tertiary/aromatic N) is 4. The Morgan fingerprint density at radius 1 is 0.359 bits per heavy atom. The Labute approximate surface area is 389 Å². The highest BCUT2D eigenvalue weighted by Crippen LogP contribution is 2.36. The Morgan fingerprint density at radius 2 is 0.547 bits per heavy atom. The second kappa shape index (κ2) is 27.3. The highest BCUT2D eigenvalue weighted by atomic mass is 16.1. The largest absolute Gasteiger partial charge is 0.372 e. The maximum Gasteiger partial charge on any atom is 0.141 e. The topological polar surface area (TPSA) is 47.1 Å². The first-order valence-corrected chi connectivity index (χ1v) is 24.9. The smallest absolute Gasteiger partial charge is 0.141 e. The van der Waals surface area contributed by atoms with Crippen molar-refractivity contribution in [3.05, 3.63) is 131 Å². The lowest BCUT2D eigenvalue weighted by molar-refractivity contribution is -0.131. The van der Waals surface area contributed by atoms with E-state index in [9.17, 15) is 9.59 Å². The van der Waals surface area contributed by atoms with E-state index in [1.54, 1.807) is 13.8 Å². The standard InChI is InChI=1S/C58H82N4O2/c1-11-35-59(36-12-2)52-27-19-47(20-28-52)56(48-21-29-53(30-22-48)60(37-13-3)38-14-4)43-51(58(45(9)63)46(10)64)44-57(49-23-31-54(32-24-49)61(39-15-5)40-16-6)50-25-33-55(34-26-50)62(41-17-7)42-18-8/h19-34,43-44,51,58H,11-18,35-42H2,1-10H3. The molecule has 0 aliphatic carbocycles. The molecule has 0 aliphatic heterocycles. The average molecular weight is 867 g/mol. The van der Waals surface area contributed by atoms with Crippen molar-refractivity contribution in [1.29, 1.82) is 0 Å². The molecule has 0 saturated heterocycles. The van der Waals surface area contributed by atoms with E-state index in [1.807, 2.05) is 0 Å². The summed E-state index contributed by atoms with van der Waals surface area (Å²) in [6.45, 7) is 29.0. The average Bonchev–Trinajstić information content (AvgIpc) is 3.29. The number of anilines is 4. The molecule has 0 radical (unpaired) electrons. The van der Waals surface area contributed by atoms with E-state index in [0.29, 0.717) is 0 Å². The number of carbonyl (C=O) groups excluding carboxylic acids is 2. The molecule has 0 bridgehead atoms. The molecule has 4 aromatic rings. The molecule has 0 saturated carbocycles. The summed E-state index contributed by atoms with van der Waals surface area (Å²) in [7, 11) is 0. The summed E-state index contributed by atoms with van der Waals surface area (Å²) < 4.78 is 0.